The van der Waals surface area contributed by atoms with Crippen molar-refractivity contribution in [3.8, 4) is 5.75 Å². The first-order chi connectivity index (χ1) is 6.69. The van der Waals surface area contributed by atoms with Gasteiger partial charge in [0.25, 0.3) is 0 Å². The standard InChI is InChI=1S/C10H14N2O2/c1-2-12(10(14)7-11)8-4-3-5-9(13)6-8/h3-6,13H,2,7,11H2,1H3. The molecule has 0 bridgehead atoms. The normalized spacial score (nSPS) is 9.86. The van der Waals surface area contributed by atoms with Gasteiger partial charge in [0, 0.05) is 18.3 Å². The van der Waals surface area contributed by atoms with E-state index in [9.17, 15) is 9.90 Å². The summed E-state index contributed by atoms with van der Waals surface area (Å²) < 4.78 is 0. The zero-order chi connectivity index (χ0) is 10.6. The molecule has 14 heavy (non-hydrogen) atoms. The highest BCUT2D eigenvalue weighted by Crippen LogP contribution is 2.19. The number of carbonyl (C=O) groups is 1. The molecule has 1 rings (SSSR count). The van der Waals surface area contributed by atoms with Gasteiger partial charge in [-0.3, -0.25) is 4.79 Å². The number of rotatable bonds is 3. The number of hydrogen-bond donors (Lipinski definition) is 2. The zero-order valence-corrected chi connectivity index (χ0v) is 8.10. The number of nitrogens with two attached hydrogens (primary N) is 1. The number of anilines is 1. The molecule has 0 unspecified atom stereocenters. The monoisotopic (exact) mass is 194 g/mol. The largest absolute Gasteiger partial charge is 0.508 e. The summed E-state index contributed by atoms with van der Waals surface area (Å²) in [6, 6.07) is 6.55. The van der Waals surface area contributed by atoms with Gasteiger partial charge < -0.3 is 15.7 Å². The summed E-state index contributed by atoms with van der Waals surface area (Å²) in [6.07, 6.45) is 0. The highest BCUT2D eigenvalue weighted by Gasteiger charge is 2.11. The molecule has 76 valence electrons. The zero-order valence-electron chi connectivity index (χ0n) is 8.10. The average Bonchev–Trinajstić information content (AvgIpc) is 2.19. The number of nitrogens with zero attached hydrogens (tertiary/aromatic N) is 1. The SMILES string of the molecule is CCN(C(=O)CN)c1cccc(O)c1. The summed E-state index contributed by atoms with van der Waals surface area (Å²) in [5.74, 6) is -0.0103. The molecular formula is C10H14N2O2. The predicted octanol–water partition coefficient (Wildman–Crippen LogP) is 0.704. The van der Waals surface area contributed by atoms with Gasteiger partial charge in [-0.1, -0.05) is 6.07 Å². The number of carbonyl (C=O) groups excluding carboxylic acids is 1. The molecule has 0 aromatic heterocycles. The Morgan fingerprint density at radius 1 is 1.57 bits per heavy atom. The summed E-state index contributed by atoms with van der Waals surface area (Å²) in [4.78, 5) is 12.9. The van der Waals surface area contributed by atoms with Crippen LogP contribution in [0.3, 0.4) is 0 Å². The minimum Gasteiger partial charge on any atom is -0.508 e. The smallest absolute Gasteiger partial charge is 0.240 e. The van der Waals surface area contributed by atoms with Crippen LogP contribution in [0.4, 0.5) is 5.69 Å². The van der Waals surface area contributed by atoms with Gasteiger partial charge in [0.05, 0.1) is 6.54 Å². The van der Waals surface area contributed by atoms with E-state index in [1.165, 1.54) is 11.0 Å². The summed E-state index contributed by atoms with van der Waals surface area (Å²) in [6.45, 7) is 2.38. The molecule has 0 radical (unpaired) electrons. The Bertz CT molecular complexity index is 326. The van der Waals surface area contributed by atoms with E-state index in [0.29, 0.717) is 12.2 Å². The van der Waals surface area contributed by atoms with Crippen LogP contribution >= 0.6 is 0 Å². The van der Waals surface area contributed by atoms with E-state index in [1.54, 1.807) is 18.2 Å². The maximum absolute atomic E-state index is 11.4. The molecule has 0 aliphatic rings. The molecule has 1 aromatic rings. The number of benzene rings is 1. The molecule has 0 heterocycles. The molecule has 0 saturated carbocycles. The maximum Gasteiger partial charge on any atom is 0.240 e. The lowest BCUT2D eigenvalue weighted by Gasteiger charge is -2.20. The molecule has 0 spiro atoms. The van der Waals surface area contributed by atoms with Gasteiger partial charge in [-0.25, -0.2) is 0 Å². The molecule has 0 aliphatic carbocycles. The van der Waals surface area contributed by atoms with Gasteiger partial charge in [-0.05, 0) is 19.1 Å². The minimum atomic E-state index is -0.155. The number of amides is 1. The second kappa shape index (κ2) is 4.62. The summed E-state index contributed by atoms with van der Waals surface area (Å²) in [7, 11) is 0. The first-order valence-electron chi connectivity index (χ1n) is 4.48. The molecule has 1 amide bonds. The van der Waals surface area contributed by atoms with E-state index in [1.807, 2.05) is 6.92 Å². The number of likely N-dealkylation sites (N-methyl/N-ethyl adjacent to an activating group) is 1. The Morgan fingerprint density at radius 3 is 2.79 bits per heavy atom. The fourth-order valence-electron chi connectivity index (χ4n) is 1.27. The third-order valence-electron chi connectivity index (χ3n) is 1.93. The third-order valence-corrected chi connectivity index (χ3v) is 1.93. The summed E-state index contributed by atoms with van der Waals surface area (Å²) >= 11 is 0. The highest BCUT2D eigenvalue weighted by molar-refractivity contribution is 5.94. The fourth-order valence-corrected chi connectivity index (χ4v) is 1.27. The van der Waals surface area contributed by atoms with Gasteiger partial charge >= 0.3 is 0 Å². The minimum absolute atomic E-state index is 0.0243. The second-order valence-electron chi connectivity index (χ2n) is 2.86. The van der Waals surface area contributed by atoms with E-state index in [0.717, 1.165) is 0 Å². The first kappa shape index (κ1) is 10.5. The number of phenolic OH excluding ortho intramolecular Hbond substituents is 1. The van der Waals surface area contributed by atoms with Gasteiger partial charge in [0.1, 0.15) is 5.75 Å². The maximum atomic E-state index is 11.4. The molecule has 0 saturated heterocycles. The highest BCUT2D eigenvalue weighted by atomic mass is 16.3. The topological polar surface area (TPSA) is 66.6 Å². The summed E-state index contributed by atoms with van der Waals surface area (Å²) in [5, 5.41) is 9.24. The van der Waals surface area contributed by atoms with E-state index < -0.39 is 0 Å². The predicted molar refractivity (Wildman–Crippen MR) is 55.2 cm³/mol. The van der Waals surface area contributed by atoms with Crippen LogP contribution in [0.15, 0.2) is 24.3 Å². The third kappa shape index (κ3) is 2.23. The van der Waals surface area contributed by atoms with E-state index >= 15 is 0 Å². The van der Waals surface area contributed by atoms with Crippen LogP contribution in [-0.2, 0) is 4.79 Å². The van der Waals surface area contributed by atoms with E-state index in [-0.39, 0.29) is 18.2 Å². The molecular weight excluding hydrogens is 180 g/mol. The Hall–Kier alpha value is -1.55. The Morgan fingerprint density at radius 2 is 2.29 bits per heavy atom. The van der Waals surface area contributed by atoms with Crippen molar-refractivity contribution in [2.75, 3.05) is 18.0 Å². The van der Waals surface area contributed by atoms with E-state index in [4.69, 9.17) is 5.73 Å². The summed E-state index contributed by atoms with van der Waals surface area (Å²) in [5.41, 5.74) is 5.94. The van der Waals surface area contributed by atoms with Gasteiger partial charge in [0.2, 0.25) is 5.91 Å². The Kier molecular flexibility index (Phi) is 3.48. The molecule has 1 aromatic carbocycles. The second-order valence-corrected chi connectivity index (χ2v) is 2.86. The number of phenols is 1. The van der Waals surface area contributed by atoms with Crippen molar-refractivity contribution >= 4 is 11.6 Å². The van der Waals surface area contributed by atoms with Crippen LogP contribution in [-0.4, -0.2) is 24.1 Å². The van der Waals surface area contributed by atoms with Gasteiger partial charge in [-0.2, -0.15) is 0 Å². The van der Waals surface area contributed by atoms with E-state index in [2.05, 4.69) is 0 Å². The van der Waals surface area contributed by atoms with Crippen molar-refractivity contribution in [3.63, 3.8) is 0 Å². The molecule has 0 fully saturated rings. The first-order valence-corrected chi connectivity index (χ1v) is 4.48. The Labute approximate surface area is 82.9 Å². The van der Waals surface area contributed by atoms with Crippen molar-refractivity contribution in [3.05, 3.63) is 24.3 Å². The average molecular weight is 194 g/mol. The lowest BCUT2D eigenvalue weighted by molar-refractivity contribution is -0.117. The Balaban J connectivity index is 2.94. The van der Waals surface area contributed by atoms with Crippen LogP contribution in [0.5, 0.6) is 5.75 Å². The van der Waals surface area contributed by atoms with Crippen molar-refractivity contribution in [1.29, 1.82) is 0 Å². The van der Waals surface area contributed by atoms with Crippen molar-refractivity contribution in [1.82, 2.24) is 0 Å². The molecule has 0 aliphatic heterocycles. The van der Waals surface area contributed by atoms with Gasteiger partial charge in [0.15, 0.2) is 0 Å². The van der Waals surface area contributed by atoms with Crippen LogP contribution in [0.25, 0.3) is 0 Å². The fraction of sp³-hybridized carbons (Fsp3) is 0.300. The lowest BCUT2D eigenvalue weighted by Crippen LogP contribution is -2.35. The van der Waals surface area contributed by atoms with Crippen LogP contribution in [0.1, 0.15) is 6.92 Å². The molecule has 0 atom stereocenters. The van der Waals surface area contributed by atoms with Crippen molar-refractivity contribution in [2.45, 2.75) is 6.92 Å². The van der Waals surface area contributed by atoms with Gasteiger partial charge in [-0.15, -0.1) is 0 Å². The molecule has 3 N–H and O–H groups in total. The van der Waals surface area contributed by atoms with Crippen molar-refractivity contribution < 1.29 is 9.90 Å². The molecule has 4 heteroatoms. The number of hydrogen-bond acceptors (Lipinski definition) is 3. The van der Waals surface area contributed by atoms with Crippen LogP contribution in [0.2, 0.25) is 0 Å². The lowest BCUT2D eigenvalue weighted by atomic mass is 10.2. The molecule has 4 nitrogen and oxygen atoms in total. The van der Waals surface area contributed by atoms with Crippen molar-refractivity contribution in [2.24, 2.45) is 5.73 Å². The van der Waals surface area contributed by atoms with Crippen LogP contribution in [0, 0.1) is 0 Å². The number of aromatic hydroxyl groups is 1. The van der Waals surface area contributed by atoms with Crippen LogP contribution < -0.4 is 10.6 Å². The quantitative estimate of drug-likeness (QED) is 0.744.